The van der Waals surface area contributed by atoms with Crippen molar-refractivity contribution >= 4 is 35.5 Å². The van der Waals surface area contributed by atoms with Gasteiger partial charge in [-0.25, -0.2) is 0 Å². The Morgan fingerprint density at radius 3 is 2.17 bits per heavy atom. The summed E-state index contributed by atoms with van der Waals surface area (Å²) in [4.78, 5) is 45.1. The van der Waals surface area contributed by atoms with E-state index in [2.05, 4.69) is 5.32 Å². The summed E-state index contributed by atoms with van der Waals surface area (Å²) in [5, 5.41) is 19.6. The van der Waals surface area contributed by atoms with Crippen molar-refractivity contribution in [3.8, 4) is 0 Å². The van der Waals surface area contributed by atoms with E-state index in [0.717, 1.165) is 31.0 Å². The molecule has 0 saturated carbocycles. The molecule has 0 radical (unpaired) electrons. The molecule has 2 aliphatic rings. The predicted octanol–water partition coefficient (Wildman–Crippen LogP) is 0.412. The van der Waals surface area contributed by atoms with E-state index < -0.39 is 23.1 Å². The van der Waals surface area contributed by atoms with Crippen molar-refractivity contribution < 1.29 is 29.4 Å². The van der Waals surface area contributed by atoms with Gasteiger partial charge in [0.2, 0.25) is 11.8 Å². The SMILES string of the molecule is CC(SCC(CC(=O)O)C(=O)N1CCCCC1)C(=O)O.O=C1CN1. The molecule has 0 aromatic rings. The molecule has 3 N–H and O–H groups in total. The summed E-state index contributed by atoms with van der Waals surface area (Å²) in [6.07, 6.45) is 2.75. The fourth-order valence-corrected chi connectivity index (χ4v) is 3.09. The van der Waals surface area contributed by atoms with Gasteiger partial charge in [-0.05, 0) is 26.2 Å². The van der Waals surface area contributed by atoms with Gasteiger partial charge in [0.1, 0.15) is 0 Å². The maximum absolute atomic E-state index is 12.3. The Labute approximate surface area is 145 Å². The van der Waals surface area contributed by atoms with Crippen molar-refractivity contribution in [2.24, 2.45) is 5.92 Å². The van der Waals surface area contributed by atoms with Crippen molar-refractivity contribution in [1.29, 1.82) is 0 Å². The molecule has 2 fully saturated rings. The first kappa shape index (κ1) is 20.3. The first-order chi connectivity index (χ1) is 11.3. The van der Waals surface area contributed by atoms with Gasteiger partial charge in [-0.15, -0.1) is 11.8 Å². The number of piperidine rings is 1. The second-order valence-corrected chi connectivity index (χ2v) is 7.15. The van der Waals surface area contributed by atoms with E-state index in [4.69, 9.17) is 10.2 Å². The van der Waals surface area contributed by atoms with Gasteiger partial charge in [0.25, 0.3) is 0 Å². The Kier molecular flexibility index (Phi) is 8.59. The smallest absolute Gasteiger partial charge is 0.316 e. The van der Waals surface area contributed by atoms with Crippen LogP contribution in [0.15, 0.2) is 0 Å². The van der Waals surface area contributed by atoms with Crippen LogP contribution >= 0.6 is 11.8 Å². The quantitative estimate of drug-likeness (QED) is 0.560. The summed E-state index contributed by atoms with van der Waals surface area (Å²) in [5.74, 6) is -2.37. The highest BCUT2D eigenvalue weighted by Crippen LogP contribution is 2.21. The summed E-state index contributed by atoms with van der Waals surface area (Å²) < 4.78 is 0. The largest absolute Gasteiger partial charge is 0.481 e. The molecule has 0 aromatic carbocycles. The Bertz CT molecular complexity index is 473. The van der Waals surface area contributed by atoms with E-state index in [1.54, 1.807) is 4.90 Å². The van der Waals surface area contributed by atoms with Crippen molar-refractivity contribution in [2.75, 3.05) is 25.4 Å². The zero-order chi connectivity index (χ0) is 18.1. The maximum atomic E-state index is 12.3. The lowest BCUT2D eigenvalue weighted by atomic mass is 10.0. The van der Waals surface area contributed by atoms with Crippen LogP contribution in [0.1, 0.15) is 32.6 Å². The molecule has 2 amide bonds. The first-order valence-corrected chi connectivity index (χ1v) is 8.97. The van der Waals surface area contributed by atoms with Crippen LogP contribution < -0.4 is 5.32 Å². The molecule has 2 aliphatic heterocycles. The number of carboxylic acids is 2. The monoisotopic (exact) mass is 360 g/mol. The summed E-state index contributed by atoms with van der Waals surface area (Å²) >= 11 is 1.12. The zero-order valence-electron chi connectivity index (χ0n) is 13.7. The lowest BCUT2D eigenvalue weighted by molar-refractivity contribution is -0.144. The van der Waals surface area contributed by atoms with Crippen LogP contribution in [0.25, 0.3) is 0 Å². The molecule has 9 heteroatoms. The van der Waals surface area contributed by atoms with Crippen molar-refractivity contribution in [3.05, 3.63) is 0 Å². The molecule has 2 heterocycles. The molecule has 0 bridgehead atoms. The van der Waals surface area contributed by atoms with E-state index in [1.807, 2.05) is 0 Å². The van der Waals surface area contributed by atoms with E-state index in [0.29, 0.717) is 19.6 Å². The molecule has 2 unspecified atom stereocenters. The highest BCUT2D eigenvalue weighted by Gasteiger charge is 2.28. The fourth-order valence-electron chi connectivity index (χ4n) is 2.17. The molecular weight excluding hydrogens is 336 g/mol. The summed E-state index contributed by atoms with van der Waals surface area (Å²) in [7, 11) is 0. The van der Waals surface area contributed by atoms with E-state index in [-0.39, 0.29) is 24.0 Å². The van der Waals surface area contributed by atoms with Crippen molar-refractivity contribution in [1.82, 2.24) is 10.2 Å². The first-order valence-electron chi connectivity index (χ1n) is 7.93. The second-order valence-electron chi connectivity index (χ2n) is 5.77. The fraction of sp³-hybridized carbons (Fsp3) is 0.733. The summed E-state index contributed by atoms with van der Waals surface area (Å²) in [6, 6.07) is 0. The average molecular weight is 360 g/mol. The Hall–Kier alpha value is -1.77. The zero-order valence-corrected chi connectivity index (χ0v) is 14.5. The number of carbonyl (C=O) groups is 4. The van der Waals surface area contributed by atoms with E-state index in [1.165, 1.54) is 6.92 Å². The van der Waals surface area contributed by atoms with Gasteiger partial charge in [0, 0.05) is 18.8 Å². The van der Waals surface area contributed by atoms with Gasteiger partial charge in [-0.2, -0.15) is 0 Å². The summed E-state index contributed by atoms with van der Waals surface area (Å²) in [6.45, 7) is 3.48. The summed E-state index contributed by atoms with van der Waals surface area (Å²) in [5.41, 5.74) is 0. The molecule has 0 aliphatic carbocycles. The lowest BCUT2D eigenvalue weighted by Gasteiger charge is -2.30. The van der Waals surface area contributed by atoms with Crippen LogP contribution in [-0.2, 0) is 19.2 Å². The predicted molar refractivity (Wildman–Crippen MR) is 88.7 cm³/mol. The highest BCUT2D eigenvalue weighted by atomic mass is 32.2. The molecule has 0 aromatic heterocycles. The number of likely N-dealkylation sites (tertiary alicyclic amines) is 1. The number of thioether (sulfide) groups is 1. The molecule has 2 atom stereocenters. The second kappa shape index (κ2) is 10.2. The van der Waals surface area contributed by atoms with Gasteiger partial charge in [0.15, 0.2) is 0 Å². The van der Waals surface area contributed by atoms with Crippen molar-refractivity contribution in [3.63, 3.8) is 0 Å². The molecule has 8 nitrogen and oxygen atoms in total. The minimum absolute atomic E-state index is 0.155. The van der Waals surface area contributed by atoms with E-state index in [9.17, 15) is 19.2 Å². The minimum Gasteiger partial charge on any atom is -0.481 e. The standard InChI is InChI=1S/C13H21NO5S.C2H3NO/c1-9(13(18)19)20-8-10(7-11(15)16)12(17)14-5-3-2-4-6-14;4-2-1-3-2/h9-10H,2-8H2,1H3,(H,15,16)(H,18,19);1H2,(H,3,4). The Morgan fingerprint density at radius 2 is 1.75 bits per heavy atom. The van der Waals surface area contributed by atoms with Crippen LogP contribution in [-0.4, -0.2) is 69.5 Å². The Balaban J connectivity index is 0.000000624. The number of hydrogen-bond donors (Lipinski definition) is 3. The van der Waals surface area contributed by atoms with Gasteiger partial charge >= 0.3 is 11.9 Å². The minimum atomic E-state index is -1.02. The number of hydrogen-bond acceptors (Lipinski definition) is 5. The number of amides is 2. The number of rotatable bonds is 7. The van der Waals surface area contributed by atoms with Crippen LogP contribution in [0.2, 0.25) is 0 Å². The molecule has 24 heavy (non-hydrogen) atoms. The number of aliphatic carboxylic acids is 2. The normalized spacial score (nSPS) is 18.5. The molecule has 0 spiro atoms. The number of carboxylic acid groups (broad SMARTS) is 2. The third-order valence-electron chi connectivity index (χ3n) is 3.65. The van der Waals surface area contributed by atoms with Crippen LogP contribution in [0.4, 0.5) is 0 Å². The number of carbonyl (C=O) groups excluding carboxylic acids is 2. The molecule has 2 rings (SSSR count). The van der Waals surface area contributed by atoms with Gasteiger partial charge < -0.3 is 20.4 Å². The highest BCUT2D eigenvalue weighted by molar-refractivity contribution is 8.00. The van der Waals surface area contributed by atoms with Gasteiger partial charge in [0.05, 0.1) is 24.1 Å². The number of nitrogens with one attached hydrogen (secondary N) is 1. The average Bonchev–Trinajstić information content (AvgIpc) is 3.33. The maximum Gasteiger partial charge on any atom is 0.316 e. The van der Waals surface area contributed by atoms with Crippen LogP contribution in [0, 0.1) is 5.92 Å². The van der Waals surface area contributed by atoms with Crippen molar-refractivity contribution in [2.45, 2.75) is 37.9 Å². The Morgan fingerprint density at radius 1 is 1.21 bits per heavy atom. The topological polar surface area (TPSA) is 134 Å². The van der Waals surface area contributed by atoms with Crippen LogP contribution in [0.5, 0.6) is 0 Å². The van der Waals surface area contributed by atoms with E-state index >= 15 is 0 Å². The van der Waals surface area contributed by atoms with Gasteiger partial charge in [-0.1, -0.05) is 0 Å². The third-order valence-corrected chi connectivity index (χ3v) is 4.95. The number of nitrogens with zero attached hydrogens (tertiary/aromatic N) is 1. The molecule has 2 saturated heterocycles. The third kappa shape index (κ3) is 8.19. The molecular formula is C15H24N2O6S. The lowest BCUT2D eigenvalue weighted by Crippen LogP contribution is -2.41. The van der Waals surface area contributed by atoms with Gasteiger partial charge in [-0.3, -0.25) is 19.2 Å². The molecule has 136 valence electrons. The van der Waals surface area contributed by atoms with Crippen LogP contribution in [0.3, 0.4) is 0 Å².